The Kier molecular flexibility index (Phi) is 6.94. The van der Waals surface area contributed by atoms with Crippen molar-refractivity contribution in [3.05, 3.63) is 46.6 Å². The minimum Gasteiger partial charge on any atom is -0.475 e. The number of hydrogen-bond acceptors (Lipinski definition) is 8. The van der Waals surface area contributed by atoms with E-state index in [1.807, 2.05) is 20.8 Å². The standard InChI is InChI=1S/C25H28N4O6S/c1-15-20(34-13-25(24(2,3)4)9-6-10-29(25)23(32)33)26-14-27-21(15)35-17-8-5-7-16(11-17)12-18-19(30)28-22(31)36-18/h5,7-8,11-12,14H,6,9-10,13H2,1-4H3,(H,32,33)(H,28,30,31). The Hall–Kier alpha value is -3.60. The van der Waals surface area contributed by atoms with Crippen LogP contribution in [0.2, 0.25) is 0 Å². The van der Waals surface area contributed by atoms with Crippen LogP contribution in [0.3, 0.4) is 0 Å². The Morgan fingerprint density at radius 1 is 1.28 bits per heavy atom. The summed E-state index contributed by atoms with van der Waals surface area (Å²) in [6.07, 6.45) is 3.45. The lowest BCUT2D eigenvalue weighted by molar-refractivity contribution is -0.115. The second kappa shape index (κ2) is 9.81. The number of benzene rings is 1. The van der Waals surface area contributed by atoms with Crippen LogP contribution >= 0.6 is 11.8 Å². The zero-order valence-electron chi connectivity index (χ0n) is 20.5. The van der Waals surface area contributed by atoms with E-state index in [4.69, 9.17) is 9.47 Å². The van der Waals surface area contributed by atoms with E-state index in [0.717, 1.165) is 18.2 Å². The molecule has 0 aliphatic carbocycles. The highest BCUT2D eigenvalue weighted by Crippen LogP contribution is 2.44. The van der Waals surface area contributed by atoms with Gasteiger partial charge in [-0.15, -0.1) is 0 Å². The van der Waals surface area contributed by atoms with Crippen molar-refractivity contribution in [2.45, 2.75) is 46.1 Å². The van der Waals surface area contributed by atoms with E-state index in [9.17, 15) is 19.5 Å². The molecular weight excluding hydrogens is 484 g/mol. The molecule has 0 bridgehead atoms. The number of carboxylic acid groups (broad SMARTS) is 1. The lowest BCUT2D eigenvalue weighted by atomic mass is 9.72. The van der Waals surface area contributed by atoms with Gasteiger partial charge in [0.2, 0.25) is 11.8 Å². The van der Waals surface area contributed by atoms with E-state index in [1.165, 1.54) is 11.2 Å². The third kappa shape index (κ3) is 5.01. The molecule has 0 spiro atoms. The fourth-order valence-corrected chi connectivity index (χ4v) is 5.19. The van der Waals surface area contributed by atoms with Crippen molar-refractivity contribution < 1.29 is 29.0 Å². The summed E-state index contributed by atoms with van der Waals surface area (Å²) in [5.41, 5.74) is 0.216. The van der Waals surface area contributed by atoms with Crippen molar-refractivity contribution in [1.82, 2.24) is 20.2 Å². The molecule has 2 saturated heterocycles. The molecule has 0 radical (unpaired) electrons. The van der Waals surface area contributed by atoms with E-state index in [-0.39, 0.29) is 12.0 Å². The monoisotopic (exact) mass is 512 g/mol. The van der Waals surface area contributed by atoms with Gasteiger partial charge in [-0.1, -0.05) is 32.9 Å². The smallest absolute Gasteiger partial charge is 0.407 e. The molecule has 2 aliphatic heterocycles. The van der Waals surface area contributed by atoms with Gasteiger partial charge in [0.05, 0.1) is 16.0 Å². The predicted octanol–water partition coefficient (Wildman–Crippen LogP) is 4.84. The van der Waals surface area contributed by atoms with Crippen LogP contribution in [0.5, 0.6) is 17.5 Å². The molecule has 2 aromatic rings. The minimum atomic E-state index is -0.956. The molecule has 2 aliphatic rings. The molecule has 1 atom stereocenters. The first-order chi connectivity index (χ1) is 17.0. The molecule has 2 N–H and O–H groups in total. The van der Waals surface area contributed by atoms with Crippen molar-refractivity contribution in [3.63, 3.8) is 0 Å². The number of imide groups is 1. The SMILES string of the molecule is Cc1c(OCC2(C(C)(C)C)CCCN2C(=O)O)ncnc1Oc1cccc(C=C2SC(=O)NC2=O)c1. The summed E-state index contributed by atoms with van der Waals surface area (Å²) in [7, 11) is 0. The molecule has 3 heterocycles. The third-order valence-corrected chi connectivity index (χ3v) is 7.38. The summed E-state index contributed by atoms with van der Waals surface area (Å²) in [6, 6.07) is 7.03. The summed E-state index contributed by atoms with van der Waals surface area (Å²) in [5, 5.41) is 11.6. The maximum Gasteiger partial charge on any atom is 0.407 e. The third-order valence-electron chi connectivity index (χ3n) is 6.57. The number of thioether (sulfide) groups is 1. The van der Waals surface area contributed by atoms with Gasteiger partial charge in [0.15, 0.2) is 0 Å². The zero-order valence-corrected chi connectivity index (χ0v) is 21.3. The molecule has 1 unspecified atom stereocenters. The number of ether oxygens (including phenoxy) is 2. The van der Waals surface area contributed by atoms with Crippen LogP contribution in [0, 0.1) is 12.3 Å². The number of nitrogens with zero attached hydrogens (tertiary/aromatic N) is 3. The van der Waals surface area contributed by atoms with Gasteiger partial charge in [0.1, 0.15) is 18.7 Å². The molecule has 1 aromatic carbocycles. The van der Waals surface area contributed by atoms with Crippen molar-refractivity contribution >= 4 is 35.1 Å². The quantitative estimate of drug-likeness (QED) is 0.522. The van der Waals surface area contributed by atoms with E-state index in [2.05, 4.69) is 15.3 Å². The van der Waals surface area contributed by atoms with Gasteiger partial charge in [-0.2, -0.15) is 0 Å². The van der Waals surface area contributed by atoms with E-state index in [0.29, 0.717) is 46.5 Å². The molecule has 11 heteroatoms. The number of carbonyl (C=O) groups is 3. The van der Waals surface area contributed by atoms with Gasteiger partial charge in [-0.05, 0) is 60.7 Å². The molecule has 0 saturated carbocycles. The van der Waals surface area contributed by atoms with E-state index >= 15 is 0 Å². The van der Waals surface area contributed by atoms with Crippen LogP contribution in [-0.4, -0.2) is 55.9 Å². The highest BCUT2D eigenvalue weighted by atomic mass is 32.2. The lowest BCUT2D eigenvalue weighted by Crippen LogP contribution is -2.59. The predicted molar refractivity (Wildman–Crippen MR) is 134 cm³/mol. The molecule has 36 heavy (non-hydrogen) atoms. The maximum absolute atomic E-state index is 12.0. The van der Waals surface area contributed by atoms with Crippen LogP contribution in [0.1, 0.15) is 44.7 Å². The van der Waals surface area contributed by atoms with Crippen LogP contribution in [-0.2, 0) is 4.79 Å². The summed E-state index contributed by atoms with van der Waals surface area (Å²) >= 11 is 0.845. The van der Waals surface area contributed by atoms with Gasteiger partial charge in [0, 0.05) is 6.54 Å². The normalized spacial score (nSPS) is 21.1. The Balaban J connectivity index is 1.53. The molecule has 1 aromatic heterocycles. The number of amides is 3. The molecule has 10 nitrogen and oxygen atoms in total. The lowest BCUT2D eigenvalue weighted by Gasteiger charge is -2.46. The average molecular weight is 513 g/mol. The molecule has 3 amide bonds. The topological polar surface area (TPSA) is 131 Å². The zero-order chi connectivity index (χ0) is 26.1. The summed E-state index contributed by atoms with van der Waals surface area (Å²) in [4.78, 5) is 45.5. The van der Waals surface area contributed by atoms with E-state index in [1.54, 1.807) is 37.3 Å². The van der Waals surface area contributed by atoms with Gasteiger partial charge in [-0.25, -0.2) is 14.8 Å². The number of likely N-dealkylation sites (tertiary alicyclic amines) is 1. The van der Waals surface area contributed by atoms with E-state index < -0.39 is 22.8 Å². The Morgan fingerprint density at radius 3 is 2.69 bits per heavy atom. The average Bonchev–Trinajstić information content (AvgIpc) is 3.38. The van der Waals surface area contributed by atoms with Crippen LogP contribution in [0.15, 0.2) is 35.5 Å². The van der Waals surface area contributed by atoms with Crippen molar-refractivity contribution in [3.8, 4) is 17.5 Å². The van der Waals surface area contributed by atoms with Crippen LogP contribution < -0.4 is 14.8 Å². The number of aromatic nitrogens is 2. The Bertz CT molecular complexity index is 1240. The molecular formula is C25H28N4O6S. The number of carbonyl (C=O) groups excluding carboxylic acids is 2. The van der Waals surface area contributed by atoms with Gasteiger partial charge < -0.3 is 14.6 Å². The fourth-order valence-electron chi connectivity index (χ4n) is 4.51. The number of hydrogen-bond donors (Lipinski definition) is 2. The Morgan fingerprint density at radius 2 is 2.03 bits per heavy atom. The first kappa shape index (κ1) is 25.5. The van der Waals surface area contributed by atoms with Crippen LogP contribution in [0.4, 0.5) is 9.59 Å². The summed E-state index contributed by atoms with van der Waals surface area (Å²) in [5.74, 6) is 0.656. The molecule has 190 valence electrons. The van der Waals surface area contributed by atoms with Crippen molar-refractivity contribution in [2.75, 3.05) is 13.2 Å². The maximum atomic E-state index is 12.0. The van der Waals surface area contributed by atoms with Crippen molar-refractivity contribution in [1.29, 1.82) is 0 Å². The van der Waals surface area contributed by atoms with Gasteiger partial charge in [0.25, 0.3) is 11.1 Å². The Labute approximate surface area is 213 Å². The largest absolute Gasteiger partial charge is 0.475 e. The fraction of sp³-hybridized carbons (Fsp3) is 0.400. The second-order valence-electron chi connectivity index (χ2n) is 9.74. The van der Waals surface area contributed by atoms with Crippen LogP contribution in [0.25, 0.3) is 6.08 Å². The first-order valence-corrected chi connectivity index (χ1v) is 12.3. The molecule has 4 rings (SSSR count). The van der Waals surface area contributed by atoms with Crippen molar-refractivity contribution in [2.24, 2.45) is 5.41 Å². The summed E-state index contributed by atoms with van der Waals surface area (Å²) in [6.45, 7) is 8.45. The first-order valence-electron chi connectivity index (χ1n) is 11.5. The van der Waals surface area contributed by atoms with Gasteiger partial charge >= 0.3 is 6.09 Å². The molecule has 2 fully saturated rings. The number of nitrogens with one attached hydrogen (secondary N) is 1. The minimum absolute atomic E-state index is 0.154. The van der Waals surface area contributed by atoms with Gasteiger partial charge in [-0.3, -0.25) is 19.8 Å². The second-order valence-corrected chi connectivity index (χ2v) is 10.8. The number of rotatable bonds is 6. The highest BCUT2D eigenvalue weighted by molar-refractivity contribution is 8.18. The summed E-state index contributed by atoms with van der Waals surface area (Å²) < 4.78 is 12.1. The highest BCUT2D eigenvalue weighted by Gasteiger charge is 2.52.